The van der Waals surface area contributed by atoms with Crippen LogP contribution in [0.2, 0.25) is 0 Å². The minimum absolute atomic E-state index is 0.127. The lowest BCUT2D eigenvalue weighted by atomic mass is 10.1. The van der Waals surface area contributed by atoms with Crippen LogP contribution in [0.4, 0.5) is 20.2 Å². The van der Waals surface area contributed by atoms with E-state index < -0.39 is 6.61 Å². The van der Waals surface area contributed by atoms with Crippen molar-refractivity contribution in [1.29, 1.82) is 0 Å². The molecule has 0 aromatic heterocycles. The fraction of sp³-hybridized carbons (Fsp3) is 0.350. The molecule has 1 aliphatic rings. The van der Waals surface area contributed by atoms with Gasteiger partial charge in [-0.15, -0.1) is 0 Å². The van der Waals surface area contributed by atoms with Crippen LogP contribution in [0.15, 0.2) is 48.5 Å². The molecule has 0 radical (unpaired) electrons. The van der Waals surface area contributed by atoms with E-state index in [1.165, 1.54) is 23.4 Å². The standard InChI is InChI=1S/C20H23F2N3OS/c1-14-4-3-5-17(12-14)25-11-10-24(13-15(25)2)20(27)23-16-6-8-18(9-7-16)26-19(21)22/h3-9,12,15,19H,10-11,13H2,1-2H3,(H,23,27)/t15-/m0/s1. The summed E-state index contributed by atoms with van der Waals surface area (Å²) in [5.74, 6) is 0.127. The fourth-order valence-corrected chi connectivity index (χ4v) is 3.54. The van der Waals surface area contributed by atoms with E-state index in [0.717, 1.165) is 25.3 Å². The third-order valence-corrected chi connectivity index (χ3v) is 4.94. The number of rotatable bonds is 4. The molecule has 1 atom stereocenters. The molecule has 2 aromatic carbocycles. The van der Waals surface area contributed by atoms with Crippen molar-refractivity contribution in [2.24, 2.45) is 0 Å². The highest BCUT2D eigenvalue weighted by Gasteiger charge is 2.25. The van der Waals surface area contributed by atoms with Gasteiger partial charge in [0.25, 0.3) is 0 Å². The van der Waals surface area contributed by atoms with Crippen LogP contribution < -0.4 is 15.0 Å². The van der Waals surface area contributed by atoms with Crippen molar-refractivity contribution in [2.45, 2.75) is 26.5 Å². The number of aryl methyl sites for hydroxylation is 1. The van der Waals surface area contributed by atoms with E-state index in [1.807, 2.05) is 0 Å². The summed E-state index contributed by atoms with van der Waals surface area (Å²) in [6.45, 7) is 3.97. The molecule has 0 spiro atoms. The van der Waals surface area contributed by atoms with Crippen LogP contribution in [0.5, 0.6) is 5.75 Å². The van der Waals surface area contributed by atoms with E-state index in [-0.39, 0.29) is 5.75 Å². The van der Waals surface area contributed by atoms with Gasteiger partial charge in [-0.05, 0) is 68.0 Å². The second-order valence-corrected chi connectivity index (χ2v) is 7.05. The molecular weight excluding hydrogens is 368 g/mol. The number of benzene rings is 2. The van der Waals surface area contributed by atoms with Crippen molar-refractivity contribution in [3.8, 4) is 5.75 Å². The van der Waals surface area contributed by atoms with Crippen molar-refractivity contribution in [3.63, 3.8) is 0 Å². The first-order valence-electron chi connectivity index (χ1n) is 8.86. The molecule has 1 fully saturated rings. The van der Waals surface area contributed by atoms with Crippen LogP contribution >= 0.6 is 12.2 Å². The molecule has 0 saturated carbocycles. The quantitative estimate of drug-likeness (QED) is 0.775. The highest BCUT2D eigenvalue weighted by Crippen LogP contribution is 2.23. The summed E-state index contributed by atoms with van der Waals surface area (Å²) in [4.78, 5) is 4.53. The lowest BCUT2D eigenvalue weighted by Crippen LogP contribution is -2.54. The summed E-state index contributed by atoms with van der Waals surface area (Å²) in [5, 5.41) is 3.80. The lowest BCUT2D eigenvalue weighted by molar-refractivity contribution is -0.0498. The average molecular weight is 391 g/mol. The van der Waals surface area contributed by atoms with Gasteiger partial charge in [0.15, 0.2) is 5.11 Å². The summed E-state index contributed by atoms with van der Waals surface area (Å²) in [7, 11) is 0. The molecular formula is C20H23F2N3OS. The van der Waals surface area contributed by atoms with E-state index in [9.17, 15) is 8.78 Å². The fourth-order valence-electron chi connectivity index (χ4n) is 3.25. The average Bonchev–Trinajstić information content (AvgIpc) is 2.62. The van der Waals surface area contributed by atoms with Crippen LogP contribution in [-0.4, -0.2) is 42.3 Å². The number of thiocarbonyl (C=S) groups is 1. The molecule has 0 aliphatic carbocycles. The predicted molar refractivity (Wildman–Crippen MR) is 109 cm³/mol. The zero-order valence-electron chi connectivity index (χ0n) is 15.4. The molecule has 27 heavy (non-hydrogen) atoms. The zero-order valence-corrected chi connectivity index (χ0v) is 16.2. The van der Waals surface area contributed by atoms with E-state index in [0.29, 0.717) is 11.2 Å². The van der Waals surface area contributed by atoms with E-state index in [1.54, 1.807) is 12.1 Å². The van der Waals surface area contributed by atoms with Gasteiger partial charge in [0, 0.05) is 37.1 Å². The maximum Gasteiger partial charge on any atom is 0.387 e. The smallest absolute Gasteiger partial charge is 0.387 e. The van der Waals surface area contributed by atoms with Crippen LogP contribution in [0, 0.1) is 6.92 Å². The largest absolute Gasteiger partial charge is 0.435 e. The highest BCUT2D eigenvalue weighted by atomic mass is 32.1. The number of anilines is 2. The molecule has 144 valence electrons. The lowest BCUT2D eigenvalue weighted by Gasteiger charge is -2.42. The maximum atomic E-state index is 12.2. The van der Waals surface area contributed by atoms with Gasteiger partial charge in [0.1, 0.15) is 5.75 Å². The first-order chi connectivity index (χ1) is 12.9. The van der Waals surface area contributed by atoms with Gasteiger partial charge in [-0.2, -0.15) is 8.78 Å². The number of hydrogen-bond acceptors (Lipinski definition) is 3. The van der Waals surface area contributed by atoms with Crippen molar-refractivity contribution in [3.05, 3.63) is 54.1 Å². The Morgan fingerprint density at radius 2 is 1.93 bits per heavy atom. The first-order valence-corrected chi connectivity index (χ1v) is 9.27. The minimum atomic E-state index is -2.82. The highest BCUT2D eigenvalue weighted by molar-refractivity contribution is 7.80. The number of hydrogen-bond donors (Lipinski definition) is 1. The third-order valence-electron chi connectivity index (χ3n) is 4.58. The Morgan fingerprint density at radius 1 is 1.19 bits per heavy atom. The van der Waals surface area contributed by atoms with Crippen molar-refractivity contribution < 1.29 is 13.5 Å². The Balaban J connectivity index is 1.57. The molecule has 3 rings (SSSR count). The molecule has 0 unspecified atom stereocenters. The summed E-state index contributed by atoms with van der Waals surface area (Å²) >= 11 is 5.53. The van der Waals surface area contributed by atoms with Crippen molar-refractivity contribution in [2.75, 3.05) is 29.9 Å². The van der Waals surface area contributed by atoms with Gasteiger partial charge in [0.05, 0.1) is 0 Å². The number of ether oxygens (including phenoxy) is 1. The van der Waals surface area contributed by atoms with Crippen LogP contribution in [0.3, 0.4) is 0 Å². The van der Waals surface area contributed by atoms with Gasteiger partial charge in [-0.25, -0.2) is 0 Å². The summed E-state index contributed by atoms with van der Waals surface area (Å²) in [6.07, 6.45) is 0. The molecule has 0 bridgehead atoms. The SMILES string of the molecule is Cc1cccc(N2CCN(C(=S)Nc3ccc(OC(F)F)cc3)C[C@@H]2C)c1. The third kappa shape index (κ3) is 5.07. The predicted octanol–water partition coefficient (Wildman–Crippen LogP) is 4.50. The molecule has 0 amide bonds. The van der Waals surface area contributed by atoms with Crippen LogP contribution in [-0.2, 0) is 0 Å². The first kappa shape index (κ1) is 19.4. The number of piperazine rings is 1. The Kier molecular flexibility index (Phi) is 6.11. The summed E-state index contributed by atoms with van der Waals surface area (Å²) in [6, 6.07) is 15.2. The van der Waals surface area contributed by atoms with Crippen molar-refractivity contribution in [1.82, 2.24) is 4.90 Å². The number of nitrogens with zero attached hydrogens (tertiary/aromatic N) is 2. The Bertz CT molecular complexity index is 785. The van der Waals surface area contributed by atoms with E-state index in [2.05, 4.69) is 58.0 Å². The maximum absolute atomic E-state index is 12.2. The summed E-state index contributed by atoms with van der Waals surface area (Å²) in [5.41, 5.74) is 3.23. The van der Waals surface area contributed by atoms with E-state index in [4.69, 9.17) is 12.2 Å². The number of nitrogens with one attached hydrogen (secondary N) is 1. The molecule has 7 heteroatoms. The van der Waals surface area contributed by atoms with Crippen LogP contribution in [0.25, 0.3) is 0 Å². The van der Waals surface area contributed by atoms with Gasteiger partial charge in [0.2, 0.25) is 0 Å². The molecule has 1 heterocycles. The van der Waals surface area contributed by atoms with Gasteiger partial charge >= 0.3 is 6.61 Å². The Hall–Kier alpha value is -2.41. The summed E-state index contributed by atoms with van der Waals surface area (Å²) < 4.78 is 28.8. The Labute approximate surface area is 163 Å². The van der Waals surface area contributed by atoms with Gasteiger partial charge in [-0.1, -0.05) is 12.1 Å². The molecule has 1 N–H and O–H groups in total. The molecule has 1 saturated heterocycles. The molecule has 2 aromatic rings. The van der Waals surface area contributed by atoms with E-state index >= 15 is 0 Å². The zero-order chi connectivity index (χ0) is 19.4. The Morgan fingerprint density at radius 3 is 2.56 bits per heavy atom. The van der Waals surface area contributed by atoms with Gasteiger partial charge in [-0.3, -0.25) is 0 Å². The molecule has 1 aliphatic heterocycles. The molecule has 4 nitrogen and oxygen atoms in total. The number of alkyl halides is 2. The topological polar surface area (TPSA) is 27.7 Å². The van der Waals surface area contributed by atoms with Crippen molar-refractivity contribution >= 4 is 28.7 Å². The minimum Gasteiger partial charge on any atom is -0.435 e. The second-order valence-electron chi connectivity index (χ2n) is 6.66. The van der Waals surface area contributed by atoms with Crippen LogP contribution in [0.1, 0.15) is 12.5 Å². The normalized spacial score (nSPS) is 17.1. The second kappa shape index (κ2) is 8.52. The van der Waals surface area contributed by atoms with Gasteiger partial charge < -0.3 is 19.9 Å². The monoisotopic (exact) mass is 391 g/mol. The number of halogens is 2.